The van der Waals surface area contributed by atoms with Crippen molar-refractivity contribution >= 4 is 17.7 Å². The maximum Gasteiger partial charge on any atom is 0.191 e. The molecule has 2 rings (SSSR count). The average molecular weight is 327 g/mol. The Kier molecular flexibility index (Phi) is 7.87. The van der Waals surface area contributed by atoms with Crippen molar-refractivity contribution in [2.24, 2.45) is 10.9 Å². The second-order valence-electron chi connectivity index (χ2n) is 6.83. The Labute approximate surface area is 140 Å². The minimum atomic E-state index is 0.664. The molecule has 5 heteroatoms. The SMILES string of the molecule is CCNC(=NCC1CCCN(C(C)C)C1)NCC1CCCS1. The lowest BCUT2D eigenvalue weighted by molar-refractivity contribution is 0.143. The number of likely N-dealkylation sites (tertiary alicyclic amines) is 1. The molecule has 0 bridgehead atoms. The number of hydrogen-bond acceptors (Lipinski definition) is 3. The van der Waals surface area contributed by atoms with Gasteiger partial charge in [-0.05, 0) is 64.7 Å². The molecule has 0 radical (unpaired) electrons. The van der Waals surface area contributed by atoms with Gasteiger partial charge in [0, 0.05) is 37.5 Å². The minimum absolute atomic E-state index is 0.664. The van der Waals surface area contributed by atoms with Crippen molar-refractivity contribution in [1.82, 2.24) is 15.5 Å². The van der Waals surface area contributed by atoms with E-state index in [1.54, 1.807) is 0 Å². The van der Waals surface area contributed by atoms with Gasteiger partial charge in [0.15, 0.2) is 5.96 Å². The van der Waals surface area contributed by atoms with Crippen molar-refractivity contribution in [2.45, 2.75) is 57.7 Å². The van der Waals surface area contributed by atoms with Crippen molar-refractivity contribution in [2.75, 3.05) is 38.5 Å². The van der Waals surface area contributed by atoms with Crippen LogP contribution in [0.2, 0.25) is 0 Å². The maximum absolute atomic E-state index is 4.85. The largest absolute Gasteiger partial charge is 0.357 e. The van der Waals surface area contributed by atoms with Crippen molar-refractivity contribution in [3.8, 4) is 0 Å². The molecule has 0 spiro atoms. The molecule has 0 aromatic carbocycles. The van der Waals surface area contributed by atoms with Gasteiger partial charge in [-0.1, -0.05) is 0 Å². The Bertz CT molecular complexity index is 340. The van der Waals surface area contributed by atoms with E-state index >= 15 is 0 Å². The zero-order chi connectivity index (χ0) is 15.8. The molecule has 4 nitrogen and oxygen atoms in total. The standard InChI is InChI=1S/C17H34N4S/c1-4-18-17(20-12-16-8-6-10-22-16)19-11-15-7-5-9-21(13-15)14(2)3/h14-16H,4-13H2,1-3H3,(H2,18,19,20). The zero-order valence-corrected chi connectivity index (χ0v) is 15.4. The molecule has 22 heavy (non-hydrogen) atoms. The fourth-order valence-corrected chi connectivity index (χ4v) is 4.49. The summed E-state index contributed by atoms with van der Waals surface area (Å²) in [6.07, 6.45) is 5.37. The van der Waals surface area contributed by atoms with Crippen LogP contribution < -0.4 is 10.6 Å². The van der Waals surface area contributed by atoms with Crippen LogP contribution in [0.3, 0.4) is 0 Å². The fourth-order valence-electron chi connectivity index (χ4n) is 3.29. The van der Waals surface area contributed by atoms with Crippen LogP contribution >= 0.6 is 11.8 Å². The predicted molar refractivity (Wildman–Crippen MR) is 98.9 cm³/mol. The first-order valence-electron chi connectivity index (χ1n) is 9.07. The highest BCUT2D eigenvalue weighted by molar-refractivity contribution is 8.00. The predicted octanol–water partition coefficient (Wildman–Crippen LogP) is 2.56. The van der Waals surface area contributed by atoms with E-state index in [0.717, 1.165) is 30.8 Å². The second-order valence-corrected chi connectivity index (χ2v) is 8.24. The third kappa shape index (κ3) is 5.99. The van der Waals surface area contributed by atoms with E-state index in [0.29, 0.717) is 12.0 Å². The maximum atomic E-state index is 4.85. The summed E-state index contributed by atoms with van der Waals surface area (Å²) in [5, 5.41) is 7.71. The summed E-state index contributed by atoms with van der Waals surface area (Å²) < 4.78 is 0. The summed E-state index contributed by atoms with van der Waals surface area (Å²) in [4.78, 5) is 7.45. The van der Waals surface area contributed by atoms with E-state index in [2.05, 4.69) is 48.1 Å². The van der Waals surface area contributed by atoms with Crippen LogP contribution in [0.4, 0.5) is 0 Å². The van der Waals surface area contributed by atoms with E-state index < -0.39 is 0 Å². The third-order valence-electron chi connectivity index (χ3n) is 4.65. The topological polar surface area (TPSA) is 39.7 Å². The summed E-state index contributed by atoms with van der Waals surface area (Å²) in [5.41, 5.74) is 0. The summed E-state index contributed by atoms with van der Waals surface area (Å²) in [6, 6.07) is 0.664. The van der Waals surface area contributed by atoms with E-state index in [1.165, 1.54) is 44.5 Å². The molecule has 128 valence electrons. The van der Waals surface area contributed by atoms with E-state index in [9.17, 15) is 0 Å². The number of thioether (sulfide) groups is 1. The molecule has 0 saturated carbocycles. The Morgan fingerprint density at radius 1 is 1.27 bits per heavy atom. The Morgan fingerprint density at radius 3 is 2.82 bits per heavy atom. The van der Waals surface area contributed by atoms with Crippen LogP contribution in [0, 0.1) is 5.92 Å². The van der Waals surface area contributed by atoms with Crippen molar-refractivity contribution in [3.05, 3.63) is 0 Å². The van der Waals surface area contributed by atoms with Crippen LogP contribution in [0.25, 0.3) is 0 Å². The van der Waals surface area contributed by atoms with Gasteiger partial charge in [0.25, 0.3) is 0 Å². The monoisotopic (exact) mass is 326 g/mol. The molecule has 2 atom stereocenters. The Balaban J connectivity index is 1.78. The molecule has 0 aliphatic carbocycles. The molecule has 2 heterocycles. The van der Waals surface area contributed by atoms with Gasteiger partial charge in [-0.3, -0.25) is 4.99 Å². The van der Waals surface area contributed by atoms with Gasteiger partial charge in [-0.2, -0.15) is 11.8 Å². The van der Waals surface area contributed by atoms with Crippen LogP contribution in [-0.4, -0.2) is 60.6 Å². The van der Waals surface area contributed by atoms with Crippen molar-refractivity contribution < 1.29 is 0 Å². The molecule has 0 aromatic heterocycles. The number of nitrogens with one attached hydrogen (secondary N) is 2. The highest BCUT2D eigenvalue weighted by atomic mass is 32.2. The van der Waals surface area contributed by atoms with Gasteiger partial charge in [0.05, 0.1) is 0 Å². The van der Waals surface area contributed by atoms with E-state index in [-0.39, 0.29) is 0 Å². The van der Waals surface area contributed by atoms with Gasteiger partial charge < -0.3 is 15.5 Å². The van der Waals surface area contributed by atoms with E-state index in [4.69, 9.17) is 4.99 Å². The number of nitrogens with zero attached hydrogens (tertiary/aromatic N) is 2. The molecule has 2 fully saturated rings. The molecular weight excluding hydrogens is 292 g/mol. The van der Waals surface area contributed by atoms with Gasteiger partial charge >= 0.3 is 0 Å². The molecule has 0 aromatic rings. The first-order chi connectivity index (χ1) is 10.7. The van der Waals surface area contributed by atoms with Gasteiger partial charge in [0.2, 0.25) is 0 Å². The number of aliphatic imine (C=N–C) groups is 1. The smallest absolute Gasteiger partial charge is 0.191 e. The molecule has 2 saturated heterocycles. The first-order valence-corrected chi connectivity index (χ1v) is 10.1. The highest BCUT2D eigenvalue weighted by Crippen LogP contribution is 2.25. The molecule has 2 N–H and O–H groups in total. The number of guanidine groups is 1. The summed E-state index contributed by atoms with van der Waals surface area (Å²) in [5.74, 6) is 3.05. The summed E-state index contributed by atoms with van der Waals surface area (Å²) in [6.45, 7) is 12.2. The second kappa shape index (κ2) is 9.66. The summed E-state index contributed by atoms with van der Waals surface area (Å²) >= 11 is 2.10. The Hall–Kier alpha value is -0.420. The quantitative estimate of drug-likeness (QED) is 0.581. The van der Waals surface area contributed by atoms with Crippen LogP contribution in [0.1, 0.15) is 46.5 Å². The minimum Gasteiger partial charge on any atom is -0.357 e. The van der Waals surface area contributed by atoms with E-state index in [1.807, 2.05) is 0 Å². The third-order valence-corrected chi connectivity index (χ3v) is 6.05. The number of rotatable bonds is 6. The number of hydrogen-bond donors (Lipinski definition) is 2. The lowest BCUT2D eigenvalue weighted by atomic mass is 9.97. The fraction of sp³-hybridized carbons (Fsp3) is 0.941. The zero-order valence-electron chi connectivity index (χ0n) is 14.6. The van der Waals surface area contributed by atoms with Crippen LogP contribution in [0.15, 0.2) is 4.99 Å². The highest BCUT2D eigenvalue weighted by Gasteiger charge is 2.21. The lowest BCUT2D eigenvalue weighted by Gasteiger charge is -2.34. The molecule has 2 aliphatic heterocycles. The molecule has 0 amide bonds. The first kappa shape index (κ1) is 17.9. The van der Waals surface area contributed by atoms with Crippen LogP contribution in [-0.2, 0) is 0 Å². The Morgan fingerprint density at radius 2 is 2.14 bits per heavy atom. The van der Waals surface area contributed by atoms with Gasteiger partial charge in [-0.15, -0.1) is 0 Å². The number of piperidine rings is 1. The normalized spacial score (nSPS) is 27.4. The van der Waals surface area contributed by atoms with Gasteiger partial charge in [-0.25, -0.2) is 0 Å². The molecule has 2 aliphatic rings. The molecular formula is C17H34N4S. The van der Waals surface area contributed by atoms with Crippen LogP contribution in [0.5, 0.6) is 0 Å². The van der Waals surface area contributed by atoms with Crippen molar-refractivity contribution in [1.29, 1.82) is 0 Å². The average Bonchev–Trinajstić information content (AvgIpc) is 3.03. The lowest BCUT2D eigenvalue weighted by Crippen LogP contribution is -2.42. The molecule has 2 unspecified atom stereocenters. The summed E-state index contributed by atoms with van der Waals surface area (Å²) in [7, 11) is 0. The van der Waals surface area contributed by atoms with Crippen molar-refractivity contribution in [3.63, 3.8) is 0 Å². The van der Waals surface area contributed by atoms with Gasteiger partial charge in [0.1, 0.15) is 0 Å².